The van der Waals surface area contributed by atoms with Crippen molar-refractivity contribution < 1.29 is 49.1 Å². The van der Waals surface area contributed by atoms with Gasteiger partial charge in [0.25, 0.3) is 0 Å². The van der Waals surface area contributed by atoms with Gasteiger partial charge in [-0.3, -0.25) is 4.79 Å². The van der Waals surface area contributed by atoms with Gasteiger partial charge >= 0.3 is 23.9 Å². The Morgan fingerprint density at radius 1 is 1.15 bits per heavy atom. The molecule has 0 aliphatic rings. The number of carboxylic acids is 2. The van der Waals surface area contributed by atoms with E-state index in [0.717, 1.165) is 13.2 Å². The van der Waals surface area contributed by atoms with Crippen LogP contribution in [-0.2, 0) is 28.7 Å². The molecule has 4 N–H and O–H groups in total. The first-order valence-corrected chi connectivity index (χ1v) is 7.03. The van der Waals surface area contributed by atoms with Crippen molar-refractivity contribution in [1.29, 1.82) is 0 Å². The average Bonchev–Trinajstić information content (AvgIpc) is 2.57. The highest BCUT2D eigenvalue weighted by molar-refractivity contribution is 5.95. The minimum absolute atomic E-state index is 0.00696. The van der Waals surface area contributed by atoms with E-state index in [9.17, 15) is 24.3 Å². The summed E-state index contributed by atoms with van der Waals surface area (Å²) in [5, 5.41) is 37.3. The lowest BCUT2D eigenvalue weighted by atomic mass is 9.92. The van der Waals surface area contributed by atoms with Crippen molar-refractivity contribution in [3.8, 4) is 5.75 Å². The van der Waals surface area contributed by atoms with Crippen molar-refractivity contribution in [2.45, 2.75) is 18.1 Å². The summed E-state index contributed by atoms with van der Waals surface area (Å²) in [6, 6.07) is 5.58. The normalized spacial score (nSPS) is 14.2. The van der Waals surface area contributed by atoms with Crippen LogP contribution in [-0.4, -0.2) is 63.1 Å². The number of rotatable bonds is 8. The Bertz CT molecular complexity index is 721. The van der Waals surface area contributed by atoms with Gasteiger partial charge in [0.1, 0.15) is 5.75 Å². The van der Waals surface area contributed by atoms with Gasteiger partial charge in [0.2, 0.25) is 11.7 Å². The van der Waals surface area contributed by atoms with E-state index in [1.165, 1.54) is 30.3 Å². The lowest BCUT2D eigenvalue weighted by molar-refractivity contribution is -0.197. The van der Waals surface area contributed by atoms with Crippen molar-refractivity contribution in [2.24, 2.45) is 0 Å². The molecule has 26 heavy (non-hydrogen) atoms. The molecule has 0 aliphatic heterocycles. The Hall–Kier alpha value is -3.40. The molecule has 1 rings (SSSR count). The predicted octanol–water partition coefficient (Wildman–Crippen LogP) is -0.219. The van der Waals surface area contributed by atoms with Crippen molar-refractivity contribution in [2.75, 3.05) is 7.11 Å². The summed E-state index contributed by atoms with van der Waals surface area (Å²) in [7, 11) is 0.806. The highest BCUT2D eigenvalue weighted by Crippen LogP contribution is 2.22. The number of hydrogen-bond donors (Lipinski definition) is 4. The molecule has 0 bridgehead atoms. The Kier molecular flexibility index (Phi) is 6.85. The summed E-state index contributed by atoms with van der Waals surface area (Å²) in [6.45, 7) is 0. The highest BCUT2D eigenvalue weighted by Gasteiger charge is 2.53. The van der Waals surface area contributed by atoms with Gasteiger partial charge in [-0.1, -0.05) is 12.1 Å². The average molecular weight is 368 g/mol. The fourth-order valence-corrected chi connectivity index (χ4v) is 1.94. The molecule has 0 amide bonds. The summed E-state index contributed by atoms with van der Waals surface area (Å²) >= 11 is 0. The van der Waals surface area contributed by atoms with Gasteiger partial charge in [-0.15, -0.1) is 0 Å². The summed E-state index contributed by atoms with van der Waals surface area (Å²) in [5.41, 5.74) is -2.66. The smallest absolute Gasteiger partial charge is 0.348 e. The quantitative estimate of drug-likeness (QED) is 0.355. The van der Waals surface area contributed by atoms with Gasteiger partial charge < -0.3 is 29.9 Å². The molecule has 140 valence electrons. The molecule has 0 aromatic heterocycles. The lowest BCUT2D eigenvalue weighted by Crippen LogP contribution is -2.56. The van der Waals surface area contributed by atoms with Gasteiger partial charge in [0, 0.05) is 6.08 Å². The molecule has 0 saturated heterocycles. The van der Waals surface area contributed by atoms with E-state index in [-0.39, 0.29) is 5.75 Å². The monoisotopic (exact) mass is 368 g/mol. The van der Waals surface area contributed by atoms with Gasteiger partial charge in [0.05, 0.1) is 13.5 Å². The third kappa shape index (κ3) is 5.31. The number of aromatic hydroxyl groups is 1. The van der Waals surface area contributed by atoms with Gasteiger partial charge in [0.15, 0.2) is 0 Å². The molecule has 2 atom stereocenters. The van der Waals surface area contributed by atoms with E-state index < -0.39 is 42.0 Å². The van der Waals surface area contributed by atoms with Crippen molar-refractivity contribution >= 4 is 30.0 Å². The molecule has 1 aromatic carbocycles. The van der Waals surface area contributed by atoms with Crippen LogP contribution >= 0.6 is 0 Å². The molecule has 0 radical (unpaired) electrons. The second-order valence-electron chi connectivity index (χ2n) is 5.07. The molecular formula is C16H16O10. The number of esters is 2. The van der Waals surface area contributed by atoms with Crippen LogP contribution in [0.2, 0.25) is 0 Å². The number of carboxylic acid groups (broad SMARTS) is 2. The van der Waals surface area contributed by atoms with Crippen LogP contribution in [0.25, 0.3) is 6.08 Å². The number of phenolic OH excluding ortho intramolecular Hbond substituents is 1. The number of carbonyl (C=O) groups excluding carboxylic acids is 2. The van der Waals surface area contributed by atoms with E-state index in [1.807, 2.05) is 0 Å². The maximum atomic E-state index is 11.8. The van der Waals surface area contributed by atoms with E-state index in [2.05, 4.69) is 9.47 Å². The molecule has 0 unspecified atom stereocenters. The second kappa shape index (κ2) is 8.62. The molecule has 10 nitrogen and oxygen atoms in total. The Labute approximate surface area is 146 Å². The van der Waals surface area contributed by atoms with Crippen molar-refractivity contribution in [3.05, 3.63) is 35.9 Å². The molecule has 0 heterocycles. The molecule has 0 spiro atoms. The van der Waals surface area contributed by atoms with E-state index in [4.69, 9.17) is 15.3 Å². The van der Waals surface area contributed by atoms with E-state index in [1.54, 1.807) is 0 Å². The number of phenols is 1. The molecule has 10 heteroatoms. The zero-order valence-corrected chi connectivity index (χ0v) is 13.5. The van der Waals surface area contributed by atoms with Crippen LogP contribution in [0.1, 0.15) is 12.0 Å². The van der Waals surface area contributed by atoms with E-state index >= 15 is 0 Å². The van der Waals surface area contributed by atoms with E-state index in [0.29, 0.717) is 5.56 Å². The predicted molar refractivity (Wildman–Crippen MR) is 83.9 cm³/mol. The Morgan fingerprint density at radius 3 is 2.19 bits per heavy atom. The maximum Gasteiger partial charge on any atom is 0.348 e. The van der Waals surface area contributed by atoms with Crippen molar-refractivity contribution in [1.82, 2.24) is 0 Å². The first-order chi connectivity index (χ1) is 12.1. The van der Waals surface area contributed by atoms with Crippen LogP contribution in [0.4, 0.5) is 0 Å². The third-order valence-corrected chi connectivity index (χ3v) is 3.16. The first-order valence-electron chi connectivity index (χ1n) is 7.03. The first kappa shape index (κ1) is 20.6. The SMILES string of the molecule is COC(=O)[C@](O)(CC(=O)O)[C@@H](OC(=O)C=Cc1ccc(O)cc1)C(=O)O. The fourth-order valence-electron chi connectivity index (χ4n) is 1.94. The van der Waals surface area contributed by atoms with Crippen molar-refractivity contribution in [3.63, 3.8) is 0 Å². The number of ether oxygens (including phenoxy) is 2. The molecule has 0 fully saturated rings. The maximum absolute atomic E-state index is 11.8. The van der Waals surface area contributed by atoms with Gasteiger partial charge in [-0.2, -0.15) is 0 Å². The lowest BCUT2D eigenvalue weighted by Gasteiger charge is -2.28. The molecular weight excluding hydrogens is 352 g/mol. The number of carbonyl (C=O) groups is 4. The highest BCUT2D eigenvalue weighted by atomic mass is 16.6. The van der Waals surface area contributed by atoms with Gasteiger partial charge in [-0.05, 0) is 23.8 Å². The zero-order valence-electron chi connectivity index (χ0n) is 13.5. The van der Waals surface area contributed by atoms with Crippen LogP contribution in [0, 0.1) is 0 Å². The number of aliphatic hydroxyl groups is 1. The number of hydrogen-bond acceptors (Lipinski definition) is 8. The summed E-state index contributed by atoms with van der Waals surface area (Å²) in [6.07, 6.45) is -1.84. The summed E-state index contributed by atoms with van der Waals surface area (Å²) in [4.78, 5) is 45.6. The minimum atomic E-state index is -3.12. The number of aliphatic carboxylic acids is 2. The topological polar surface area (TPSA) is 168 Å². The molecule has 0 saturated carbocycles. The van der Waals surface area contributed by atoms with Crippen LogP contribution in [0.5, 0.6) is 5.75 Å². The second-order valence-corrected chi connectivity index (χ2v) is 5.07. The fraction of sp³-hybridized carbons (Fsp3) is 0.250. The van der Waals surface area contributed by atoms with Crippen LogP contribution in [0.15, 0.2) is 30.3 Å². The summed E-state index contributed by atoms with van der Waals surface area (Å²) < 4.78 is 8.78. The molecule has 1 aromatic rings. The number of benzene rings is 1. The number of methoxy groups -OCH3 is 1. The zero-order chi connectivity index (χ0) is 19.9. The Morgan fingerprint density at radius 2 is 1.73 bits per heavy atom. The minimum Gasteiger partial charge on any atom is -0.508 e. The van der Waals surface area contributed by atoms with Gasteiger partial charge in [-0.25, -0.2) is 14.4 Å². The third-order valence-electron chi connectivity index (χ3n) is 3.16. The standard InChI is InChI=1S/C16H16O10/c1-25-15(23)16(24,8-11(18)19)13(14(21)22)26-12(20)7-4-9-2-5-10(17)6-3-9/h2-7,13,17,24H,8H2,1H3,(H,18,19)(H,21,22)/t13-,16-/m0/s1. The van der Waals surface area contributed by atoms with Crippen LogP contribution in [0.3, 0.4) is 0 Å². The largest absolute Gasteiger partial charge is 0.508 e. The summed E-state index contributed by atoms with van der Waals surface area (Å²) in [5.74, 6) is -6.49. The van der Waals surface area contributed by atoms with Crippen LogP contribution < -0.4 is 0 Å². The Balaban J connectivity index is 3.02. The molecule has 0 aliphatic carbocycles.